The number of hydrogen-bond donors (Lipinski definition) is 3. The molecule has 17 heavy (non-hydrogen) atoms. The molecule has 5 N–H and O–H groups in total. The first-order valence-electron chi connectivity index (χ1n) is 4.68. The predicted octanol–water partition coefficient (Wildman–Crippen LogP) is 0.184. The summed E-state index contributed by atoms with van der Waals surface area (Å²) in [5.41, 5.74) is 11.5. The van der Waals surface area contributed by atoms with Crippen LogP contribution in [0.1, 0.15) is 5.56 Å². The van der Waals surface area contributed by atoms with Gasteiger partial charge in [-0.25, -0.2) is 15.0 Å². The molecule has 0 spiro atoms. The minimum Gasteiger partial charge on any atom is -0.383 e. The molecule has 0 bridgehead atoms. The first-order chi connectivity index (χ1) is 8.04. The number of aromatic amines is 1. The van der Waals surface area contributed by atoms with Gasteiger partial charge in [-0.3, -0.25) is 4.79 Å². The number of H-pyrrole nitrogens is 1. The summed E-state index contributed by atoms with van der Waals surface area (Å²) >= 11 is 1.18. The molecule has 0 aliphatic rings. The van der Waals surface area contributed by atoms with Crippen LogP contribution in [0, 0.1) is 6.92 Å². The molecular formula is C9H10N6OS. The molecule has 0 fully saturated rings. The number of anilines is 2. The Kier molecular flexibility index (Phi) is 2.96. The monoisotopic (exact) mass is 250 g/mol. The quantitative estimate of drug-likeness (QED) is 0.513. The van der Waals surface area contributed by atoms with Crippen LogP contribution in [0.4, 0.5) is 11.8 Å². The zero-order chi connectivity index (χ0) is 12.4. The molecule has 8 heteroatoms. The number of rotatable bonds is 2. The van der Waals surface area contributed by atoms with E-state index < -0.39 is 0 Å². The fourth-order valence-electron chi connectivity index (χ4n) is 1.14. The van der Waals surface area contributed by atoms with Gasteiger partial charge in [0.25, 0.3) is 5.56 Å². The molecule has 0 aliphatic heterocycles. The van der Waals surface area contributed by atoms with Gasteiger partial charge in [0.1, 0.15) is 10.8 Å². The molecular weight excluding hydrogens is 240 g/mol. The Hall–Kier alpha value is -2.09. The fourth-order valence-corrected chi connectivity index (χ4v) is 1.97. The lowest BCUT2D eigenvalue weighted by Gasteiger charge is -2.04. The highest BCUT2D eigenvalue weighted by Crippen LogP contribution is 2.25. The van der Waals surface area contributed by atoms with E-state index >= 15 is 0 Å². The van der Waals surface area contributed by atoms with E-state index in [1.165, 1.54) is 17.8 Å². The summed E-state index contributed by atoms with van der Waals surface area (Å²) in [6.45, 7) is 1.84. The molecule has 0 aromatic carbocycles. The maximum Gasteiger partial charge on any atom is 0.253 e. The molecule has 0 saturated heterocycles. The van der Waals surface area contributed by atoms with E-state index in [1.54, 1.807) is 6.20 Å². The molecule has 88 valence electrons. The van der Waals surface area contributed by atoms with Crippen LogP contribution in [0.25, 0.3) is 0 Å². The summed E-state index contributed by atoms with van der Waals surface area (Å²) in [4.78, 5) is 25.7. The second kappa shape index (κ2) is 4.42. The molecule has 2 rings (SSSR count). The van der Waals surface area contributed by atoms with Crippen molar-refractivity contribution in [2.75, 3.05) is 11.5 Å². The Labute approximate surface area is 101 Å². The van der Waals surface area contributed by atoms with Crippen molar-refractivity contribution in [3.63, 3.8) is 0 Å². The number of aryl methyl sites for hydroxylation is 1. The Bertz CT molecular complexity index is 611. The van der Waals surface area contributed by atoms with E-state index in [2.05, 4.69) is 19.9 Å². The maximum absolute atomic E-state index is 11.2. The number of nitrogens with zero attached hydrogens (tertiary/aromatic N) is 3. The molecule has 0 amide bonds. The highest BCUT2D eigenvalue weighted by Gasteiger charge is 2.07. The van der Waals surface area contributed by atoms with E-state index in [4.69, 9.17) is 11.5 Å². The highest BCUT2D eigenvalue weighted by atomic mass is 32.2. The zero-order valence-electron chi connectivity index (χ0n) is 8.97. The van der Waals surface area contributed by atoms with Gasteiger partial charge in [-0.15, -0.1) is 0 Å². The summed E-state index contributed by atoms with van der Waals surface area (Å²) in [6.07, 6.45) is 1.61. The Morgan fingerprint density at radius 1 is 1.35 bits per heavy atom. The fraction of sp³-hybridized carbons (Fsp3) is 0.111. The molecule has 7 nitrogen and oxygen atoms in total. The zero-order valence-corrected chi connectivity index (χ0v) is 9.78. The van der Waals surface area contributed by atoms with Crippen LogP contribution in [0.2, 0.25) is 0 Å². The average Bonchev–Trinajstić information content (AvgIpc) is 2.22. The van der Waals surface area contributed by atoms with Gasteiger partial charge in [-0.2, -0.15) is 0 Å². The summed E-state index contributed by atoms with van der Waals surface area (Å²) in [6, 6.07) is 1.21. The van der Waals surface area contributed by atoms with E-state index in [1.807, 2.05) is 6.92 Å². The number of nitrogen functional groups attached to an aromatic ring is 2. The van der Waals surface area contributed by atoms with Crippen molar-refractivity contribution in [2.45, 2.75) is 17.1 Å². The van der Waals surface area contributed by atoms with Gasteiger partial charge >= 0.3 is 0 Å². The Morgan fingerprint density at radius 2 is 2.12 bits per heavy atom. The van der Waals surface area contributed by atoms with E-state index in [0.29, 0.717) is 10.2 Å². The van der Waals surface area contributed by atoms with Crippen LogP contribution >= 0.6 is 11.8 Å². The predicted molar refractivity (Wildman–Crippen MR) is 64.6 cm³/mol. The van der Waals surface area contributed by atoms with Crippen LogP contribution in [0.3, 0.4) is 0 Å². The molecule has 0 unspecified atom stereocenters. The topological polar surface area (TPSA) is 124 Å². The molecule has 0 radical (unpaired) electrons. The lowest BCUT2D eigenvalue weighted by atomic mass is 10.4. The van der Waals surface area contributed by atoms with Gasteiger partial charge in [0, 0.05) is 17.8 Å². The van der Waals surface area contributed by atoms with Crippen LogP contribution in [-0.4, -0.2) is 19.9 Å². The van der Waals surface area contributed by atoms with Crippen molar-refractivity contribution in [1.82, 2.24) is 19.9 Å². The third-order valence-electron chi connectivity index (χ3n) is 1.88. The number of nitrogens with one attached hydrogen (secondary N) is 1. The minimum atomic E-state index is -0.306. The SMILES string of the molecule is Cc1cnc(N)nc1Sc1nc(N)cc(=O)[nH]1. The average molecular weight is 250 g/mol. The van der Waals surface area contributed by atoms with Crippen molar-refractivity contribution in [3.05, 3.63) is 28.2 Å². The summed E-state index contributed by atoms with van der Waals surface area (Å²) < 4.78 is 0. The van der Waals surface area contributed by atoms with Gasteiger partial charge < -0.3 is 16.5 Å². The normalized spacial score (nSPS) is 10.4. The first kappa shape index (κ1) is 11.4. The molecule has 0 saturated carbocycles. The molecule has 0 aliphatic carbocycles. The van der Waals surface area contributed by atoms with Crippen molar-refractivity contribution in [2.24, 2.45) is 0 Å². The van der Waals surface area contributed by atoms with E-state index in [9.17, 15) is 4.79 Å². The highest BCUT2D eigenvalue weighted by molar-refractivity contribution is 7.99. The van der Waals surface area contributed by atoms with Crippen molar-refractivity contribution < 1.29 is 0 Å². The number of nitrogens with two attached hydrogens (primary N) is 2. The van der Waals surface area contributed by atoms with Gasteiger partial charge in [0.15, 0.2) is 5.16 Å². The number of hydrogen-bond acceptors (Lipinski definition) is 7. The van der Waals surface area contributed by atoms with Gasteiger partial charge in [0.2, 0.25) is 5.95 Å². The smallest absolute Gasteiger partial charge is 0.253 e. The lowest BCUT2D eigenvalue weighted by molar-refractivity contribution is 0.933. The lowest BCUT2D eigenvalue weighted by Crippen LogP contribution is -2.09. The second-order valence-corrected chi connectivity index (χ2v) is 4.27. The minimum absolute atomic E-state index is 0.163. The molecule has 2 heterocycles. The van der Waals surface area contributed by atoms with Crippen molar-refractivity contribution >= 4 is 23.5 Å². The Morgan fingerprint density at radius 3 is 2.82 bits per heavy atom. The first-order valence-corrected chi connectivity index (χ1v) is 5.50. The summed E-state index contributed by atoms with van der Waals surface area (Å²) in [5, 5.41) is 1.00. The van der Waals surface area contributed by atoms with Gasteiger partial charge in [-0.05, 0) is 18.7 Å². The maximum atomic E-state index is 11.2. The third-order valence-corrected chi connectivity index (χ3v) is 2.87. The Balaban J connectivity index is 2.37. The summed E-state index contributed by atoms with van der Waals surface area (Å²) in [7, 11) is 0. The molecule has 2 aromatic rings. The second-order valence-electron chi connectivity index (χ2n) is 3.29. The van der Waals surface area contributed by atoms with Gasteiger partial charge in [-0.1, -0.05) is 0 Å². The van der Waals surface area contributed by atoms with Crippen molar-refractivity contribution in [3.8, 4) is 0 Å². The van der Waals surface area contributed by atoms with Gasteiger partial charge in [0.05, 0.1) is 0 Å². The summed E-state index contributed by atoms with van der Waals surface area (Å²) in [5.74, 6) is 0.334. The van der Waals surface area contributed by atoms with Crippen LogP contribution < -0.4 is 17.0 Å². The van der Waals surface area contributed by atoms with Crippen LogP contribution in [0.15, 0.2) is 27.2 Å². The van der Waals surface area contributed by atoms with Crippen LogP contribution in [0.5, 0.6) is 0 Å². The molecule has 2 aromatic heterocycles. The van der Waals surface area contributed by atoms with Crippen LogP contribution in [-0.2, 0) is 0 Å². The van der Waals surface area contributed by atoms with E-state index in [-0.39, 0.29) is 17.3 Å². The number of aromatic nitrogens is 4. The standard InChI is InChI=1S/C9H10N6OS/c1-4-3-12-8(11)15-7(4)17-9-13-5(10)2-6(16)14-9/h2-3H,1H3,(H2,11,12,15)(H3,10,13,14,16). The molecule has 0 atom stereocenters. The third kappa shape index (κ3) is 2.72. The van der Waals surface area contributed by atoms with E-state index in [0.717, 1.165) is 5.56 Å². The van der Waals surface area contributed by atoms with Crippen molar-refractivity contribution in [1.29, 1.82) is 0 Å². The largest absolute Gasteiger partial charge is 0.383 e.